The number of halogens is 1. The van der Waals surface area contributed by atoms with Crippen LogP contribution in [-0.4, -0.2) is 21.8 Å². The summed E-state index contributed by atoms with van der Waals surface area (Å²) in [7, 11) is 0. The first kappa shape index (κ1) is 20.4. The number of rotatable bonds is 7. The van der Waals surface area contributed by atoms with E-state index in [1.165, 1.54) is 18.2 Å². The number of aromatic nitrogens is 1. The molecule has 1 N–H and O–H groups in total. The van der Waals surface area contributed by atoms with Crippen molar-refractivity contribution in [3.05, 3.63) is 74.9 Å². The fraction of sp³-hybridized carbons (Fsp3) is 0.150. The number of fused-ring (bicyclic) bond motifs is 1. The van der Waals surface area contributed by atoms with E-state index in [2.05, 4.69) is 26.2 Å². The largest absolute Gasteiger partial charge is 0.461 e. The van der Waals surface area contributed by atoms with Crippen molar-refractivity contribution >= 4 is 50.1 Å². The Morgan fingerprint density at radius 1 is 1.14 bits per heavy atom. The van der Waals surface area contributed by atoms with Gasteiger partial charge >= 0.3 is 5.97 Å². The summed E-state index contributed by atoms with van der Waals surface area (Å²) in [5.41, 5.74) is 1.62. The minimum Gasteiger partial charge on any atom is -0.461 e. The highest BCUT2D eigenvalue weighted by Gasteiger charge is 2.12. The van der Waals surface area contributed by atoms with Gasteiger partial charge in [-0.3, -0.25) is 24.7 Å². The van der Waals surface area contributed by atoms with Gasteiger partial charge in [-0.2, -0.15) is 0 Å². The summed E-state index contributed by atoms with van der Waals surface area (Å²) in [6, 6.07) is 13.1. The molecule has 0 saturated heterocycles. The second kappa shape index (κ2) is 9.24. The molecule has 1 amide bonds. The number of esters is 1. The Morgan fingerprint density at radius 2 is 1.97 bits per heavy atom. The van der Waals surface area contributed by atoms with E-state index in [0.717, 1.165) is 9.86 Å². The van der Waals surface area contributed by atoms with E-state index >= 15 is 0 Å². The lowest BCUT2D eigenvalue weighted by Crippen LogP contribution is -2.15. The highest BCUT2D eigenvalue weighted by atomic mass is 79.9. The van der Waals surface area contributed by atoms with Gasteiger partial charge in [-0.05, 0) is 23.8 Å². The number of nitro benzene ring substituents is 1. The molecule has 8 nitrogen and oxygen atoms in total. The van der Waals surface area contributed by atoms with Crippen molar-refractivity contribution in [2.75, 3.05) is 5.32 Å². The molecular formula is C20H16BrN3O5. The first-order valence-electron chi connectivity index (χ1n) is 8.66. The minimum absolute atomic E-state index is 0.0574. The maximum Gasteiger partial charge on any atom is 0.306 e. The first-order chi connectivity index (χ1) is 13.9. The number of non-ortho nitro benzene ring substituents is 1. The second-order valence-electron chi connectivity index (χ2n) is 6.13. The van der Waals surface area contributed by atoms with Gasteiger partial charge in [0.05, 0.1) is 22.5 Å². The Hall–Kier alpha value is -3.33. The van der Waals surface area contributed by atoms with E-state index in [4.69, 9.17) is 4.74 Å². The molecule has 2 aromatic carbocycles. The van der Waals surface area contributed by atoms with Crippen molar-refractivity contribution in [3.63, 3.8) is 0 Å². The van der Waals surface area contributed by atoms with E-state index in [0.29, 0.717) is 16.8 Å². The molecule has 1 aromatic heterocycles. The molecule has 0 aliphatic heterocycles. The van der Waals surface area contributed by atoms with Gasteiger partial charge in [-0.25, -0.2) is 0 Å². The average molecular weight is 458 g/mol. The van der Waals surface area contributed by atoms with Crippen LogP contribution < -0.4 is 5.32 Å². The van der Waals surface area contributed by atoms with Crippen molar-refractivity contribution in [1.29, 1.82) is 0 Å². The number of ether oxygens (including phenoxy) is 1. The smallest absolute Gasteiger partial charge is 0.306 e. The van der Waals surface area contributed by atoms with Gasteiger partial charge < -0.3 is 10.1 Å². The molecule has 0 bridgehead atoms. The molecule has 3 aromatic rings. The van der Waals surface area contributed by atoms with Crippen molar-refractivity contribution in [3.8, 4) is 0 Å². The Bertz CT molecular complexity index is 1090. The monoisotopic (exact) mass is 457 g/mol. The summed E-state index contributed by atoms with van der Waals surface area (Å²) in [4.78, 5) is 38.6. The molecule has 0 aliphatic rings. The lowest BCUT2D eigenvalue weighted by atomic mass is 10.2. The van der Waals surface area contributed by atoms with Gasteiger partial charge in [-0.15, -0.1) is 0 Å². The quantitative estimate of drug-likeness (QED) is 0.320. The third-order valence-electron chi connectivity index (χ3n) is 4.07. The number of carbonyl (C=O) groups is 2. The predicted octanol–water partition coefficient (Wildman–Crippen LogP) is 4.37. The van der Waals surface area contributed by atoms with Crippen molar-refractivity contribution in [2.24, 2.45) is 0 Å². The summed E-state index contributed by atoms with van der Waals surface area (Å²) in [6.07, 6.45) is 1.47. The average Bonchev–Trinajstić information content (AvgIpc) is 2.73. The van der Waals surface area contributed by atoms with Gasteiger partial charge in [0.15, 0.2) is 0 Å². The summed E-state index contributed by atoms with van der Waals surface area (Å²) in [5, 5.41) is 14.4. The van der Waals surface area contributed by atoms with Crippen LogP contribution in [0.5, 0.6) is 0 Å². The predicted molar refractivity (Wildman–Crippen MR) is 110 cm³/mol. The Morgan fingerprint density at radius 3 is 2.76 bits per heavy atom. The van der Waals surface area contributed by atoms with E-state index in [1.807, 2.05) is 12.1 Å². The van der Waals surface area contributed by atoms with E-state index in [9.17, 15) is 19.7 Å². The molecule has 0 radical (unpaired) electrons. The topological polar surface area (TPSA) is 111 Å². The lowest BCUT2D eigenvalue weighted by molar-refractivity contribution is -0.384. The van der Waals surface area contributed by atoms with Crippen molar-refractivity contribution in [1.82, 2.24) is 4.98 Å². The number of hydrogen-bond acceptors (Lipinski definition) is 6. The van der Waals surface area contributed by atoms with Crippen molar-refractivity contribution in [2.45, 2.75) is 19.4 Å². The highest BCUT2D eigenvalue weighted by molar-refractivity contribution is 9.10. The maximum absolute atomic E-state index is 12.2. The van der Waals surface area contributed by atoms with Crippen molar-refractivity contribution < 1.29 is 19.2 Å². The van der Waals surface area contributed by atoms with Crippen LogP contribution in [0.4, 0.5) is 11.4 Å². The molecule has 0 saturated carbocycles. The van der Waals surface area contributed by atoms with E-state index in [1.54, 1.807) is 24.4 Å². The van der Waals surface area contributed by atoms with Gasteiger partial charge in [0.1, 0.15) is 6.61 Å². The number of nitrogens with zero attached hydrogens (tertiary/aromatic N) is 2. The number of amides is 1. The lowest BCUT2D eigenvalue weighted by Gasteiger charge is -2.09. The number of benzene rings is 2. The SMILES string of the molecule is O=C(CCC(=O)OCc1cccc([N+](=O)[O-])c1)Nc1ccc(Br)c2cccnc12. The molecule has 0 unspecified atom stereocenters. The summed E-state index contributed by atoms with van der Waals surface area (Å²) in [6.45, 7) is -0.0938. The zero-order valence-corrected chi connectivity index (χ0v) is 16.7. The van der Waals surface area contributed by atoms with Crippen LogP contribution in [0.15, 0.2) is 59.2 Å². The Labute approximate surface area is 174 Å². The summed E-state index contributed by atoms with van der Waals surface area (Å²) >= 11 is 3.44. The molecule has 0 atom stereocenters. The number of anilines is 1. The van der Waals surface area contributed by atoms with E-state index in [-0.39, 0.29) is 31.0 Å². The molecule has 148 valence electrons. The molecule has 0 spiro atoms. The highest BCUT2D eigenvalue weighted by Crippen LogP contribution is 2.28. The Kier molecular flexibility index (Phi) is 6.50. The zero-order valence-electron chi connectivity index (χ0n) is 15.1. The van der Waals surface area contributed by atoms with Gasteiger partial charge in [0.2, 0.25) is 5.91 Å². The molecule has 29 heavy (non-hydrogen) atoms. The number of hydrogen-bond donors (Lipinski definition) is 1. The van der Waals surface area contributed by atoms with Crippen LogP contribution in [0, 0.1) is 10.1 Å². The summed E-state index contributed by atoms with van der Waals surface area (Å²) in [5.74, 6) is -0.906. The molecule has 1 heterocycles. The van der Waals surface area contributed by atoms with Gasteiger partial charge in [0, 0.05) is 34.6 Å². The third kappa shape index (κ3) is 5.35. The molecule has 9 heteroatoms. The van der Waals surface area contributed by atoms with Crippen LogP contribution in [0.1, 0.15) is 18.4 Å². The normalized spacial score (nSPS) is 10.5. The molecule has 0 aliphatic carbocycles. The van der Waals surface area contributed by atoms with Crippen LogP contribution in [0.25, 0.3) is 10.9 Å². The van der Waals surface area contributed by atoms with Crippen LogP contribution in [-0.2, 0) is 20.9 Å². The zero-order chi connectivity index (χ0) is 20.8. The molecule has 3 rings (SSSR count). The van der Waals surface area contributed by atoms with E-state index < -0.39 is 10.9 Å². The fourth-order valence-electron chi connectivity index (χ4n) is 2.66. The minimum atomic E-state index is -0.564. The van der Waals surface area contributed by atoms with Gasteiger partial charge in [-0.1, -0.05) is 34.1 Å². The van der Waals surface area contributed by atoms with Gasteiger partial charge in [0.25, 0.3) is 5.69 Å². The van der Waals surface area contributed by atoms with Crippen LogP contribution in [0.3, 0.4) is 0 Å². The van der Waals surface area contributed by atoms with Crippen LogP contribution in [0.2, 0.25) is 0 Å². The number of pyridine rings is 1. The van der Waals surface area contributed by atoms with Crippen LogP contribution >= 0.6 is 15.9 Å². The standard InChI is InChI=1S/C20H16BrN3O5/c21-16-6-7-17(20-15(16)5-2-10-22-20)23-18(25)8-9-19(26)29-12-13-3-1-4-14(11-13)24(27)28/h1-7,10-11H,8-9,12H2,(H,23,25). The number of nitro groups is 1. The fourth-order valence-corrected chi connectivity index (χ4v) is 3.11. The Balaban J connectivity index is 1.52. The molecular weight excluding hydrogens is 442 g/mol. The maximum atomic E-state index is 12.2. The first-order valence-corrected chi connectivity index (χ1v) is 9.45. The molecule has 0 fully saturated rings. The summed E-state index contributed by atoms with van der Waals surface area (Å²) < 4.78 is 5.95. The number of carbonyl (C=O) groups excluding carboxylic acids is 2. The third-order valence-corrected chi connectivity index (χ3v) is 4.76. The second-order valence-corrected chi connectivity index (χ2v) is 6.98. The number of nitrogens with one attached hydrogen (secondary N) is 1.